The van der Waals surface area contributed by atoms with Crippen LogP contribution in [0.5, 0.6) is 0 Å². The second-order valence-electron chi connectivity index (χ2n) is 4.96. The van der Waals surface area contributed by atoms with Crippen molar-refractivity contribution in [3.05, 3.63) is 34.6 Å². The zero-order valence-electron chi connectivity index (χ0n) is 11.9. The van der Waals surface area contributed by atoms with E-state index >= 15 is 0 Å². The molecule has 0 aliphatic rings. The van der Waals surface area contributed by atoms with Crippen molar-refractivity contribution in [2.45, 2.75) is 33.1 Å². The Labute approximate surface area is 124 Å². The summed E-state index contributed by atoms with van der Waals surface area (Å²) in [6, 6.07) is 4.35. The van der Waals surface area contributed by atoms with Gasteiger partial charge >= 0.3 is 0 Å². The topological polar surface area (TPSA) is 49.3 Å². The number of aliphatic hydroxyl groups excluding tert-OH is 1. The Kier molecular flexibility index (Phi) is 6.43. The van der Waals surface area contributed by atoms with Crippen molar-refractivity contribution in [3.63, 3.8) is 0 Å². The zero-order valence-corrected chi connectivity index (χ0v) is 12.6. The Bertz CT molecular complexity index is 461. The van der Waals surface area contributed by atoms with E-state index in [-0.39, 0.29) is 22.6 Å². The summed E-state index contributed by atoms with van der Waals surface area (Å²) in [6.45, 7) is 4.52. The summed E-state index contributed by atoms with van der Waals surface area (Å²) in [5, 5.41) is 11.8. The van der Waals surface area contributed by atoms with E-state index in [1.54, 1.807) is 6.07 Å². The van der Waals surface area contributed by atoms with E-state index in [0.29, 0.717) is 13.0 Å². The monoisotopic (exact) mass is 301 g/mol. The van der Waals surface area contributed by atoms with E-state index in [0.717, 1.165) is 12.8 Å². The van der Waals surface area contributed by atoms with Gasteiger partial charge in [0.15, 0.2) is 5.82 Å². The molecule has 5 heteroatoms. The lowest BCUT2D eigenvalue weighted by Gasteiger charge is -2.31. The number of hydrogen-bond donors (Lipinski definition) is 2. The normalized spacial score (nSPS) is 11.4. The summed E-state index contributed by atoms with van der Waals surface area (Å²) in [4.78, 5) is 12.0. The van der Waals surface area contributed by atoms with Gasteiger partial charge in [0.25, 0.3) is 5.91 Å². The fourth-order valence-electron chi connectivity index (χ4n) is 2.22. The Hall–Kier alpha value is -1.13. The van der Waals surface area contributed by atoms with Crippen molar-refractivity contribution in [2.75, 3.05) is 13.2 Å². The van der Waals surface area contributed by atoms with Gasteiger partial charge in [0.2, 0.25) is 0 Å². The van der Waals surface area contributed by atoms with Crippen LogP contribution in [0.2, 0.25) is 5.02 Å². The summed E-state index contributed by atoms with van der Waals surface area (Å²) in [7, 11) is 0. The predicted octanol–water partition coefficient (Wildman–Crippen LogP) is 3.40. The molecule has 0 atom stereocenters. The van der Waals surface area contributed by atoms with E-state index in [1.807, 2.05) is 13.8 Å². The van der Waals surface area contributed by atoms with Crippen LogP contribution < -0.4 is 5.32 Å². The van der Waals surface area contributed by atoms with E-state index in [1.165, 1.54) is 12.1 Å². The number of hydrogen-bond acceptors (Lipinski definition) is 2. The van der Waals surface area contributed by atoms with Gasteiger partial charge in [-0.1, -0.05) is 31.5 Å². The quantitative estimate of drug-likeness (QED) is 0.811. The molecule has 0 radical (unpaired) electrons. The maximum atomic E-state index is 13.8. The zero-order chi connectivity index (χ0) is 15.2. The maximum Gasteiger partial charge on any atom is 0.254 e. The van der Waals surface area contributed by atoms with Crippen molar-refractivity contribution >= 4 is 17.5 Å². The van der Waals surface area contributed by atoms with Crippen molar-refractivity contribution < 1.29 is 14.3 Å². The van der Waals surface area contributed by atoms with Crippen LogP contribution in [0.25, 0.3) is 0 Å². The molecule has 1 aromatic rings. The molecule has 0 unspecified atom stereocenters. The van der Waals surface area contributed by atoms with Crippen LogP contribution in [-0.4, -0.2) is 24.2 Å². The van der Waals surface area contributed by atoms with Crippen molar-refractivity contribution in [2.24, 2.45) is 5.41 Å². The first-order chi connectivity index (χ1) is 9.49. The SMILES string of the molecule is CCC(CC)(CCO)CNC(=O)c1cccc(Cl)c1F. The Morgan fingerprint density at radius 3 is 2.60 bits per heavy atom. The Balaban J connectivity index is 2.78. The van der Waals surface area contributed by atoms with Crippen LogP contribution in [0.1, 0.15) is 43.5 Å². The van der Waals surface area contributed by atoms with Gasteiger partial charge in [0, 0.05) is 13.2 Å². The summed E-state index contributed by atoms with van der Waals surface area (Å²) in [5.74, 6) is -1.18. The molecule has 3 nitrogen and oxygen atoms in total. The lowest BCUT2D eigenvalue weighted by Crippen LogP contribution is -2.38. The molecule has 0 fully saturated rings. The molecule has 20 heavy (non-hydrogen) atoms. The molecular weight excluding hydrogens is 281 g/mol. The number of halogens is 2. The lowest BCUT2D eigenvalue weighted by atomic mass is 9.79. The van der Waals surface area contributed by atoms with Gasteiger partial charge in [-0.25, -0.2) is 4.39 Å². The first-order valence-electron chi connectivity index (χ1n) is 6.82. The number of amides is 1. The molecule has 0 saturated heterocycles. The van der Waals surface area contributed by atoms with E-state index < -0.39 is 11.7 Å². The van der Waals surface area contributed by atoms with Gasteiger partial charge in [-0.3, -0.25) is 4.79 Å². The first-order valence-corrected chi connectivity index (χ1v) is 7.20. The minimum absolute atomic E-state index is 0.0531. The molecule has 0 saturated carbocycles. The lowest BCUT2D eigenvalue weighted by molar-refractivity contribution is 0.0903. The van der Waals surface area contributed by atoms with E-state index in [4.69, 9.17) is 16.7 Å². The molecule has 2 N–H and O–H groups in total. The van der Waals surface area contributed by atoms with E-state index in [2.05, 4.69) is 5.32 Å². The Morgan fingerprint density at radius 2 is 2.05 bits per heavy atom. The van der Waals surface area contributed by atoms with Crippen molar-refractivity contribution in [1.82, 2.24) is 5.32 Å². The fourth-order valence-corrected chi connectivity index (χ4v) is 2.40. The minimum Gasteiger partial charge on any atom is -0.396 e. The molecule has 0 aromatic heterocycles. The Morgan fingerprint density at radius 1 is 1.40 bits per heavy atom. The van der Waals surface area contributed by atoms with Crippen molar-refractivity contribution in [1.29, 1.82) is 0 Å². The molecule has 0 aliphatic carbocycles. The van der Waals surface area contributed by atoms with Crippen LogP contribution >= 0.6 is 11.6 Å². The van der Waals surface area contributed by atoms with Crippen LogP contribution in [0.15, 0.2) is 18.2 Å². The maximum absolute atomic E-state index is 13.8. The number of carbonyl (C=O) groups excluding carboxylic acids is 1. The third kappa shape index (κ3) is 3.93. The van der Waals surface area contributed by atoms with Gasteiger partial charge in [0.05, 0.1) is 10.6 Å². The summed E-state index contributed by atoms with van der Waals surface area (Å²) in [6.07, 6.45) is 2.28. The number of aliphatic hydroxyl groups is 1. The second kappa shape index (κ2) is 7.60. The number of carbonyl (C=O) groups is 1. The smallest absolute Gasteiger partial charge is 0.254 e. The minimum atomic E-state index is -0.701. The van der Waals surface area contributed by atoms with Gasteiger partial charge < -0.3 is 10.4 Å². The molecule has 1 amide bonds. The van der Waals surface area contributed by atoms with Crippen LogP contribution in [-0.2, 0) is 0 Å². The van der Waals surface area contributed by atoms with Gasteiger partial charge in [0.1, 0.15) is 0 Å². The summed E-state index contributed by atoms with van der Waals surface area (Å²) < 4.78 is 13.8. The highest BCUT2D eigenvalue weighted by atomic mass is 35.5. The molecule has 0 spiro atoms. The van der Waals surface area contributed by atoms with Crippen molar-refractivity contribution in [3.8, 4) is 0 Å². The molecule has 1 aromatic carbocycles. The molecular formula is C15H21ClFNO2. The average Bonchev–Trinajstić information content (AvgIpc) is 2.46. The average molecular weight is 302 g/mol. The predicted molar refractivity (Wildman–Crippen MR) is 78.5 cm³/mol. The van der Waals surface area contributed by atoms with Gasteiger partial charge in [-0.05, 0) is 36.8 Å². The fraction of sp³-hybridized carbons (Fsp3) is 0.533. The summed E-state index contributed by atoms with van der Waals surface area (Å²) >= 11 is 5.66. The van der Waals surface area contributed by atoms with Crippen LogP contribution in [0, 0.1) is 11.2 Å². The second-order valence-corrected chi connectivity index (χ2v) is 5.37. The van der Waals surface area contributed by atoms with Gasteiger partial charge in [-0.15, -0.1) is 0 Å². The molecule has 112 valence electrons. The number of benzene rings is 1. The molecule has 1 rings (SSSR count). The molecule has 0 aliphatic heterocycles. The number of nitrogens with one attached hydrogen (secondary N) is 1. The summed E-state index contributed by atoms with van der Waals surface area (Å²) in [5.41, 5.74) is -0.206. The molecule has 0 heterocycles. The van der Waals surface area contributed by atoms with Crippen LogP contribution in [0.3, 0.4) is 0 Å². The molecule has 0 bridgehead atoms. The highest BCUT2D eigenvalue weighted by Gasteiger charge is 2.26. The third-order valence-electron chi connectivity index (χ3n) is 3.96. The van der Waals surface area contributed by atoms with Gasteiger partial charge in [-0.2, -0.15) is 0 Å². The third-order valence-corrected chi connectivity index (χ3v) is 4.25. The highest BCUT2D eigenvalue weighted by Crippen LogP contribution is 2.29. The first kappa shape index (κ1) is 16.9. The van der Waals surface area contributed by atoms with E-state index in [9.17, 15) is 9.18 Å². The highest BCUT2D eigenvalue weighted by molar-refractivity contribution is 6.31. The standard InChI is InChI=1S/C15H21ClFNO2/c1-3-15(4-2,8-9-19)10-18-14(20)11-6-5-7-12(16)13(11)17/h5-7,19H,3-4,8-10H2,1-2H3,(H,18,20). The number of rotatable bonds is 7. The van der Waals surface area contributed by atoms with Crippen LogP contribution in [0.4, 0.5) is 4.39 Å². The largest absolute Gasteiger partial charge is 0.396 e.